The van der Waals surface area contributed by atoms with Gasteiger partial charge in [0.25, 0.3) is 5.91 Å². The minimum absolute atomic E-state index is 0.0560. The topological polar surface area (TPSA) is 58.2 Å². The largest absolute Gasteiger partial charge is 0.326 e. The van der Waals surface area contributed by atoms with Crippen molar-refractivity contribution >= 4 is 50.5 Å². The van der Waals surface area contributed by atoms with Crippen LogP contribution in [0.1, 0.15) is 23.5 Å². The number of anilines is 2. The molecule has 0 aliphatic rings. The maximum Gasteiger partial charge on any atom is 0.266 e. The van der Waals surface area contributed by atoms with Crippen molar-refractivity contribution in [1.29, 1.82) is 0 Å². The zero-order valence-corrected chi connectivity index (χ0v) is 14.0. The average Bonchev–Trinajstić information content (AvgIpc) is 2.85. The molecule has 0 unspecified atom stereocenters. The molecular formula is C15H15BrN2O2S. The van der Waals surface area contributed by atoms with Gasteiger partial charge in [0.2, 0.25) is 5.91 Å². The third-order valence-corrected chi connectivity index (χ3v) is 4.57. The van der Waals surface area contributed by atoms with E-state index in [4.69, 9.17) is 0 Å². The second-order valence-corrected chi connectivity index (χ2v) is 6.55. The molecule has 0 atom stereocenters. The molecule has 21 heavy (non-hydrogen) atoms. The van der Waals surface area contributed by atoms with Gasteiger partial charge in [-0.3, -0.25) is 9.59 Å². The third kappa shape index (κ3) is 4.15. The van der Waals surface area contributed by atoms with E-state index in [1.54, 1.807) is 24.3 Å². The van der Waals surface area contributed by atoms with Crippen LogP contribution in [0, 0.1) is 5.92 Å². The summed E-state index contributed by atoms with van der Waals surface area (Å²) < 4.78 is 0.772. The van der Waals surface area contributed by atoms with Crippen LogP contribution in [-0.4, -0.2) is 11.8 Å². The van der Waals surface area contributed by atoms with Gasteiger partial charge < -0.3 is 10.6 Å². The Morgan fingerprint density at radius 2 is 1.81 bits per heavy atom. The van der Waals surface area contributed by atoms with Gasteiger partial charge in [-0.15, -0.1) is 11.3 Å². The normalized spacial score (nSPS) is 10.5. The standard InChI is InChI=1S/C15H15BrN2O2S/c1-9(2)14(19)17-10-4-3-5-11(8-10)18-15(20)13-12(16)6-7-21-13/h3-9H,1-2H3,(H,17,19)(H,18,20). The van der Waals surface area contributed by atoms with Crippen LogP contribution in [-0.2, 0) is 4.79 Å². The van der Waals surface area contributed by atoms with E-state index in [9.17, 15) is 9.59 Å². The van der Waals surface area contributed by atoms with Crippen LogP contribution in [0.2, 0.25) is 0 Å². The van der Waals surface area contributed by atoms with Crippen molar-refractivity contribution in [1.82, 2.24) is 0 Å². The molecule has 2 rings (SSSR count). The Labute approximate surface area is 135 Å². The summed E-state index contributed by atoms with van der Waals surface area (Å²) in [5, 5.41) is 7.47. The molecule has 0 bridgehead atoms. The molecule has 2 amide bonds. The highest BCUT2D eigenvalue weighted by molar-refractivity contribution is 9.10. The van der Waals surface area contributed by atoms with Crippen LogP contribution in [0.3, 0.4) is 0 Å². The zero-order chi connectivity index (χ0) is 15.4. The highest BCUT2D eigenvalue weighted by Gasteiger charge is 2.12. The number of rotatable bonds is 4. The number of hydrogen-bond acceptors (Lipinski definition) is 3. The van der Waals surface area contributed by atoms with Crippen molar-refractivity contribution < 1.29 is 9.59 Å². The second-order valence-electron chi connectivity index (χ2n) is 4.78. The highest BCUT2D eigenvalue weighted by atomic mass is 79.9. The van der Waals surface area contributed by atoms with Gasteiger partial charge >= 0.3 is 0 Å². The fraction of sp³-hybridized carbons (Fsp3) is 0.200. The molecule has 4 nitrogen and oxygen atoms in total. The van der Waals surface area contributed by atoms with E-state index in [1.165, 1.54) is 11.3 Å². The molecule has 0 aliphatic carbocycles. The molecule has 0 saturated carbocycles. The molecule has 0 radical (unpaired) electrons. The van der Waals surface area contributed by atoms with E-state index >= 15 is 0 Å². The molecule has 0 saturated heterocycles. The predicted molar refractivity (Wildman–Crippen MR) is 89.9 cm³/mol. The van der Waals surface area contributed by atoms with Crippen LogP contribution >= 0.6 is 27.3 Å². The molecule has 0 fully saturated rings. The number of carbonyl (C=O) groups excluding carboxylic acids is 2. The molecule has 0 spiro atoms. The van der Waals surface area contributed by atoms with Gasteiger partial charge in [-0.05, 0) is 45.6 Å². The Bertz CT molecular complexity index is 667. The van der Waals surface area contributed by atoms with Crippen LogP contribution in [0.25, 0.3) is 0 Å². The van der Waals surface area contributed by atoms with Gasteiger partial charge in [-0.2, -0.15) is 0 Å². The zero-order valence-electron chi connectivity index (χ0n) is 11.6. The first-order valence-corrected chi connectivity index (χ1v) is 8.10. The molecule has 1 aromatic carbocycles. The number of hydrogen-bond donors (Lipinski definition) is 2. The smallest absolute Gasteiger partial charge is 0.266 e. The Kier molecular flexibility index (Phi) is 5.14. The van der Waals surface area contributed by atoms with E-state index in [1.807, 2.05) is 25.3 Å². The van der Waals surface area contributed by atoms with Crippen molar-refractivity contribution in [2.75, 3.05) is 10.6 Å². The Morgan fingerprint density at radius 3 is 2.38 bits per heavy atom. The van der Waals surface area contributed by atoms with Gasteiger partial charge in [0.1, 0.15) is 4.88 Å². The SMILES string of the molecule is CC(C)C(=O)Nc1cccc(NC(=O)c2sccc2Br)c1. The lowest BCUT2D eigenvalue weighted by molar-refractivity contribution is -0.118. The summed E-state index contributed by atoms with van der Waals surface area (Å²) in [4.78, 5) is 24.4. The number of carbonyl (C=O) groups is 2. The lowest BCUT2D eigenvalue weighted by Crippen LogP contribution is -2.18. The summed E-state index contributed by atoms with van der Waals surface area (Å²) in [7, 11) is 0. The summed E-state index contributed by atoms with van der Waals surface area (Å²) in [5.74, 6) is -0.325. The Balaban J connectivity index is 2.09. The maximum absolute atomic E-state index is 12.1. The minimum Gasteiger partial charge on any atom is -0.326 e. The van der Waals surface area contributed by atoms with E-state index in [0.717, 1.165) is 4.47 Å². The van der Waals surface area contributed by atoms with E-state index < -0.39 is 0 Å². The number of benzene rings is 1. The predicted octanol–water partition coefficient (Wildman–Crippen LogP) is 4.36. The molecule has 110 valence electrons. The number of thiophene rings is 1. The lowest BCUT2D eigenvalue weighted by Gasteiger charge is -2.10. The molecule has 2 N–H and O–H groups in total. The van der Waals surface area contributed by atoms with Gasteiger partial charge in [0, 0.05) is 21.8 Å². The number of amides is 2. The molecule has 6 heteroatoms. The molecule has 1 aromatic heterocycles. The molecule has 1 heterocycles. The number of nitrogens with one attached hydrogen (secondary N) is 2. The van der Waals surface area contributed by atoms with Gasteiger partial charge in [0.15, 0.2) is 0 Å². The molecule has 0 aliphatic heterocycles. The summed E-state index contributed by atoms with van der Waals surface area (Å²) in [6.07, 6.45) is 0. The monoisotopic (exact) mass is 366 g/mol. The Hall–Kier alpha value is -1.66. The quantitative estimate of drug-likeness (QED) is 0.844. The van der Waals surface area contributed by atoms with Gasteiger partial charge in [-0.25, -0.2) is 0 Å². The Morgan fingerprint density at radius 1 is 1.14 bits per heavy atom. The third-order valence-electron chi connectivity index (χ3n) is 2.74. The fourth-order valence-electron chi connectivity index (χ4n) is 1.60. The fourth-order valence-corrected chi connectivity index (χ4v) is 3.05. The van der Waals surface area contributed by atoms with Crippen LogP contribution < -0.4 is 10.6 Å². The first kappa shape index (κ1) is 15.7. The first-order chi connectivity index (χ1) is 9.97. The minimum atomic E-state index is -0.177. The summed E-state index contributed by atoms with van der Waals surface area (Å²) in [6, 6.07) is 8.93. The van der Waals surface area contributed by atoms with Crippen molar-refractivity contribution in [3.8, 4) is 0 Å². The van der Waals surface area contributed by atoms with E-state index in [-0.39, 0.29) is 17.7 Å². The summed E-state index contributed by atoms with van der Waals surface area (Å²) >= 11 is 4.70. The second kappa shape index (κ2) is 6.87. The van der Waals surface area contributed by atoms with Crippen LogP contribution in [0.15, 0.2) is 40.2 Å². The van der Waals surface area contributed by atoms with Crippen LogP contribution in [0.4, 0.5) is 11.4 Å². The van der Waals surface area contributed by atoms with Crippen molar-refractivity contribution in [2.24, 2.45) is 5.92 Å². The summed E-state index contributed by atoms with van der Waals surface area (Å²) in [5.41, 5.74) is 1.30. The summed E-state index contributed by atoms with van der Waals surface area (Å²) in [6.45, 7) is 3.66. The molecular weight excluding hydrogens is 352 g/mol. The van der Waals surface area contributed by atoms with Gasteiger partial charge in [0.05, 0.1) is 0 Å². The highest BCUT2D eigenvalue weighted by Crippen LogP contribution is 2.24. The van der Waals surface area contributed by atoms with Crippen molar-refractivity contribution in [2.45, 2.75) is 13.8 Å². The lowest BCUT2D eigenvalue weighted by atomic mass is 10.2. The molecule has 2 aromatic rings. The maximum atomic E-state index is 12.1. The first-order valence-electron chi connectivity index (χ1n) is 6.42. The van der Waals surface area contributed by atoms with E-state index in [2.05, 4.69) is 26.6 Å². The van der Waals surface area contributed by atoms with Crippen LogP contribution in [0.5, 0.6) is 0 Å². The van der Waals surface area contributed by atoms with E-state index in [0.29, 0.717) is 16.3 Å². The van der Waals surface area contributed by atoms with Crippen molar-refractivity contribution in [3.63, 3.8) is 0 Å². The number of halogens is 1. The van der Waals surface area contributed by atoms with Crippen molar-refractivity contribution in [3.05, 3.63) is 45.1 Å². The van der Waals surface area contributed by atoms with Gasteiger partial charge in [-0.1, -0.05) is 19.9 Å². The average molecular weight is 367 g/mol.